The molecule has 13 heteroatoms. The van der Waals surface area contributed by atoms with E-state index < -0.39 is 52.5 Å². The number of esters is 2. The van der Waals surface area contributed by atoms with Crippen LogP contribution in [0.25, 0.3) is 0 Å². The summed E-state index contributed by atoms with van der Waals surface area (Å²) in [6.07, 6.45) is -0.839. The molecule has 0 saturated carbocycles. The van der Waals surface area contributed by atoms with Crippen molar-refractivity contribution in [1.82, 2.24) is 5.32 Å². The van der Waals surface area contributed by atoms with Crippen LogP contribution in [0.2, 0.25) is 0 Å². The van der Waals surface area contributed by atoms with Gasteiger partial charge in [-0.3, -0.25) is 9.59 Å². The van der Waals surface area contributed by atoms with E-state index in [9.17, 15) is 19.2 Å². The van der Waals surface area contributed by atoms with Crippen LogP contribution in [0.1, 0.15) is 54.2 Å². The van der Waals surface area contributed by atoms with Crippen LogP contribution in [0.3, 0.4) is 0 Å². The first-order chi connectivity index (χ1) is 25.8. The van der Waals surface area contributed by atoms with Crippen LogP contribution in [0.15, 0.2) is 109 Å². The van der Waals surface area contributed by atoms with Gasteiger partial charge in [0, 0.05) is 11.3 Å². The maximum Gasteiger partial charge on any atom is 0.408 e. The third-order valence-corrected chi connectivity index (χ3v) is 10.4. The smallest absolute Gasteiger partial charge is 0.408 e. The van der Waals surface area contributed by atoms with Crippen molar-refractivity contribution in [2.45, 2.75) is 55.9 Å². The Bertz CT molecular complexity index is 1760. The van der Waals surface area contributed by atoms with Crippen LogP contribution < -0.4 is 21.5 Å². The molecule has 4 aromatic rings. The highest BCUT2D eigenvalue weighted by Gasteiger charge is 2.40. The molecule has 286 valence electrons. The minimum atomic E-state index is -2.06. The maximum atomic E-state index is 14.3. The molecule has 0 spiro atoms. The van der Waals surface area contributed by atoms with Crippen LogP contribution >= 0.6 is 23.5 Å². The lowest BCUT2D eigenvalue weighted by atomic mass is 9.84. The van der Waals surface area contributed by atoms with Gasteiger partial charge in [0.25, 0.3) is 0 Å². The van der Waals surface area contributed by atoms with Crippen molar-refractivity contribution < 1.29 is 38.1 Å². The largest absolute Gasteiger partial charge is 0.495 e. The molecule has 0 aliphatic rings. The number of rotatable bonds is 17. The van der Waals surface area contributed by atoms with Crippen LogP contribution in [-0.2, 0) is 28.5 Å². The SMILES string of the molecule is COc1cc(C(=O)C(OC(=O)C(N)CCSC)OC(=O)C(CSC(c2ccccc2)(c2ccccc2)c2ccccc2)NC(=O)OC(C)(C)C)ccc1N. The molecule has 0 aliphatic heterocycles. The highest BCUT2D eigenvalue weighted by Crippen LogP contribution is 2.48. The van der Waals surface area contributed by atoms with Crippen molar-refractivity contribution in [2.75, 3.05) is 30.6 Å². The Balaban J connectivity index is 1.76. The summed E-state index contributed by atoms with van der Waals surface area (Å²) in [7, 11) is 1.38. The summed E-state index contributed by atoms with van der Waals surface area (Å²) >= 11 is 2.86. The number of carbonyl (C=O) groups excluding carboxylic acids is 4. The number of ketones is 1. The van der Waals surface area contributed by atoms with E-state index in [1.807, 2.05) is 97.3 Å². The Morgan fingerprint density at radius 1 is 0.778 bits per heavy atom. The zero-order valence-corrected chi connectivity index (χ0v) is 32.6. The Morgan fingerprint density at radius 2 is 1.30 bits per heavy atom. The molecule has 0 radical (unpaired) electrons. The molecular weight excluding hydrogens is 727 g/mol. The topological polar surface area (TPSA) is 169 Å². The summed E-state index contributed by atoms with van der Waals surface area (Å²) in [6, 6.07) is 31.0. The molecule has 3 unspecified atom stereocenters. The number of alkyl carbamates (subject to hydrolysis) is 1. The quantitative estimate of drug-likeness (QED) is 0.0347. The first-order valence-corrected chi connectivity index (χ1v) is 19.6. The van der Waals surface area contributed by atoms with Gasteiger partial charge in [0.2, 0.25) is 5.78 Å². The molecule has 0 aliphatic carbocycles. The number of Topliss-reactive ketones (excluding diaryl/α,β-unsaturated/α-hetero) is 1. The maximum absolute atomic E-state index is 14.3. The first kappa shape index (κ1) is 41.8. The monoisotopic (exact) mass is 773 g/mol. The fraction of sp³-hybridized carbons (Fsp3) is 0.317. The predicted molar refractivity (Wildman–Crippen MR) is 214 cm³/mol. The van der Waals surface area contributed by atoms with Crippen LogP contribution in [0.5, 0.6) is 5.75 Å². The van der Waals surface area contributed by atoms with Crippen LogP contribution in [0.4, 0.5) is 10.5 Å². The van der Waals surface area contributed by atoms with Crippen molar-refractivity contribution in [1.29, 1.82) is 0 Å². The Hall–Kier alpha value is -4.98. The molecule has 5 N–H and O–H groups in total. The van der Waals surface area contributed by atoms with Crippen molar-refractivity contribution >= 4 is 53.0 Å². The number of carbonyl (C=O) groups is 4. The number of nitrogen functional groups attached to an aromatic ring is 1. The highest BCUT2D eigenvalue weighted by atomic mass is 32.2. The minimum Gasteiger partial charge on any atom is -0.495 e. The molecule has 0 aromatic heterocycles. The molecule has 0 fully saturated rings. The summed E-state index contributed by atoms with van der Waals surface area (Å²) < 4.78 is 21.1. The predicted octanol–water partition coefficient (Wildman–Crippen LogP) is 6.57. The fourth-order valence-corrected chi connectivity index (χ4v) is 7.50. The number of benzene rings is 4. The van der Waals surface area contributed by atoms with Gasteiger partial charge < -0.3 is 35.7 Å². The summed E-state index contributed by atoms with van der Waals surface area (Å²) in [6.45, 7) is 5.07. The summed E-state index contributed by atoms with van der Waals surface area (Å²) in [5.74, 6) is -2.21. The molecular formula is C41H47N3O8S2. The number of amides is 1. The molecule has 54 heavy (non-hydrogen) atoms. The van der Waals surface area contributed by atoms with Gasteiger partial charge in [-0.05, 0) is 74.1 Å². The molecule has 11 nitrogen and oxygen atoms in total. The second-order valence-corrected chi connectivity index (χ2v) is 15.4. The lowest BCUT2D eigenvalue weighted by molar-refractivity contribution is -0.181. The van der Waals surface area contributed by atoms with Crippen LogP contribution in [0, 0.1) is 0 Å². The molecule has 0 saturated heterocycles. The van der Waals surface area contributed by atoms with Gasteiger partial charge in [-0.2, -0.15) is 11.8 Å². The van der Waals surface area contributed by atoms with E-state index in [4.69, 9.17) is 30.4 Å². The van der Waals surface area contributed by atoms with E-state index in [-0.39, 0.29) is 29.2 Å². The number of thioether (sulfide) groups is 2. The third kappa shape index (κ3) is 11.0. The number of hydrogen-bond donors (Lipinski definition) is 3. The Morgan fingerprint density at radius 3 is 1.78 bits per heavy atom. The third-order valence-electron chi connectivity index (χ3n) is 8.10. The summed E-state index contributed by atoms with van der Waals surface area (Å²) in [4.78, 5) is 54.6. The first-order valence-electron chi connectivity index (χ1n) is 17.2. The second kappa shape index (κ2) is 19.4. The number of ether oxygens (including phenoxy) is 4. The van der Waals surface area contributed by atoms with Gasteiger partial charge >= 0.3 is 24.3 Å². The number of nitrogens with two attached hydrogens (primary N) is 2. The van der Waals surface area contributed by atoms with Gasteiger partial charge in [0.05, 0.1) is 17.5 Å². The second-order valence-electron chi connectivity index (χ2n) is 13.2. The zero-order valence-electron chi connectivity index (χ0n) is 31.0. The van der Waals surface area contributed by atoms with E-state index in [1.165, 1.54) is 48.8 Å². The molecule has 1 amide bonds. The van der Waals surface area contributed by atoms with Gasteiger partial charge in [0.15, 0.2) is 0 Å². The average Bonchev–Trinajstić information content (AvgIpc) is 3.16. The van der Waals surface area contributed by atoms with Gasteiger partial charge in [-0.25, -0.2) is 9.59 Å². The van der Waals surface area contributed by atoms with Crippen molar-refractivity contribution in [3.05, 3.63) is 131 Å². The Kier molecular flexibility index (Phi) is 15.0. The molecule has 0 bridgehead atoms. The average molecular weight is 774 g/mol. The normalized spacial score (nSPS) is 13.1. The van der Waals surface area contributed by atoms with Crippen molar-refractivity contribution in [2.24, 2.45) is 5.73 Å². The van der Waals surface area contributed by atoms with Crippen molar-refractivity contribution in [3.63, 3.8) is 0 Å². The number of nitrogens with one attached hydrogen (secondary N) is 1. The standard InChI is InChI=1S/C41H47N3O8S2/c1-40(2,3)52-39(48)44-33(26-54-41(28-15-9-6-10-16-28,29-17-11-7-12-18-29)30-19-13-8-14-20-30)37(47)51-38(50-36(46)32(43)23-24-53-5)35(45)27-21-22-31(42)34(25-27)49-4/h6-22,25,32-33,38H,23-24,26,42-43H2,1-5H3,(H,44,48). The highest BCUT2D eigenvalue weighted by molar-refractivity contribution is 8.00. The van der Waals surface area contributed by atoms with E-state index in [1.54, 1.807) is 20.8 Å². The van der Waals surface area contributed by atoms with Gasteiger partial charge in [-0.1, -0.05) is 91.0 Å². The molecule has 0 heterocycles. The summed E-state index contributed by atoms with van der Waals surface area (Å²) in [5, 5.41) is 2.64. The number of methoxy groups -OCH3 is 1. The van der Waals surface area contributed by atoms with E-state index in [0.717, 1.165) is 16.7 Å². The fourth-order valence-electron chi connectivity index (χ4n) is 5.47. The lowest BCUT2D eigenvalue weighted by Gasteiger charge is -2.36. The molecule has 3 atom stereocenters. The number of anilines is 1. The number of hydrogen-bond acceptors (Lipinski definition) is 12. The van der Waals surface area contributed by atoms with E-state index in [0.29, 0.717) is 5.75 Å². The van der Waals surface area contributed by atoms with Gasteiger partial charge in [0.1, 0.15) is 23.4 Å². The van der Waals surface area contributed by atoms with Gasteiger partial charge in [-0.15, -0.1) is 11.8 Å². The van der Waals surface area contributed by atoms with E-state index in [2.05, 4.69) is 5.32 Å². The van der Waals surface area contributed by atoms with Crippen molar-refractivity contribution in [3.8, 4) is 5.75 Å². The summed E-state index contributed by atoms with van der Waals surface area (Å²) in [5.41, 5.74) is 14.1. The Labute approximate surface area is 324 Å². The molecule has 4 rings (SSSR count). The van der Waals surface area contributed by atoms with Crippen LogP contribution in [-0.4, -0.2) is 72.7 Å². The molecule has 4 aromatic carbocycles. The lowest BCUT2D eigenvalue weighted by Crippen LogP contribution is -2.49. The van der Waals surface area contributed by atoms with E-state index >= 15 is 0 Å². The zero-order chi connectivity index (χ0) is 39.3. The minimum absolute atomic E-state index is 0.00777.